The van der Waals surface area contributed by atoms with Crippen LogP contribution in [0.25, 0.3) is 10.2 Å². The second kappa shape index (κ2) is 5.49. The summed E-state index contributed by atoms with van der Waals surface area (Å²) >= 11 is 4.55. The lowest BCUT2D eigenvalue weighted by Gasteiger charge is -1.91. The molecule has 0 saturated heterocycles. The summed E-state index contributed by atoms with van der Waals surface area (Å²) in [5, 5.41) is 16.6. The first-order valence-electron chi connectivity index (χ1n) is 5.79. The molecular formula is C12H7BrFN3O3S. The molecule has 6 nitrogen and oxygen atoms in total. The van der Waals surface area contributed by atoms with E-state index in [2.05, 4.69) is 31.1 Å². The second-order valence-corrected chi connectivity index (χ2v) is 6.21. The fraction of sp³-hybridized carbons (Fsp3) is 0.167. The minimum Gasteiger partial charge on any atom is -0.481 e. The van der Waals surface area contributed by atoms with Crippen LogP contribution in [0.3, 0.4) is 0 Å². The summed E-state index contributed by atoms with van der Waals surface area (Å²) in [6.45, 7) is 0. The molecule has 21 heavy (non-hydrogen) atoms. The molecule has 0 bridgehead atoms. The van der Waals surface area contributed by atoms with Crippen molar-refractivity contribution >= 4 is 43.5 Å². The lowest BCUT2D eigenvalue weighted by molar-refractivity contribution is -0.136. The average molecular weight is 372 g/mol. The molecule has 3 aromatic rings. The zero-order chi connectivity index (χ0) is 15.0. The lowest BCUT2D eigenvalue weighted by atomic mass is 10.3. The van der Waals surface area contributed by atoms with Gasteiger partial charge in [0, 0.05) is 4.47 Å². The van der Waals surface area contributed by atoms with Gasteiger partial charge in [-0.1, -0.05) is 15.9 Å². The van der Waals surface area contributed by atoms with E-state index in [0.29, 0.717) is 19.7 Å². The molecule has 1 N–H and O–H groups in total. The van der Waals surface area contributed by atoms with Crippen molar-refractivity contribution in [2.45, 2.75) is 12.8 Å². The summed E-state index contributed by atoms with van der Waals surface area (Å²) in [6.07, 6.45) is -0.0859. The summed E-state index contributed by atoms with van der Waals surface area (Å²) in [5.74, 6) is -1.16. The van der Waals surface area contributed by atoms with Crippen molar-refractivity contribution < 1.29 is 18.7 Å². The Hall–Kier alpha value is -1.87. The van der Waals surface area contributed by atoms with Crippen LogP contribution in [0, 0.1) is 5.82 Å². The highest BCUT2D eigenvalue weighted by Crippen LogP contribution is 2.29. The maximum absolute atomic E-state index is 13.7. The van der Waals surface area contributed by atoms with E-state index in [0.717, 1.165) is 0 Å². The number of carboxylic acids is 1. The number of aliphatic carboxylic acids is 1. The van der Waals surface area contributed by atoms with Crippen LogP contribution in [0.1, 0.15) is 16.8 Å². The van der Waals surface area contributed by atoms with Crippen molar-refractivity contribution in [1.82, 2.24) is 15.2 Å². The van der Waals surface area contributed by atoms with Gasteiger partial charge in [-0.25, -0.2) is 9.37 Å². The first-order valence-corrected chi connectivity index (χ1v) is 7.40. The van der Waals surface area contributed by atoms with Gasteiger partial charge in [0.15, 0.2) is 5.82 Å². The Labute approximate surface area is 129 Å². The van der Waals surface area contributed by atoms with E-state index in [9.17, 15) is 9.18 Å². The smallest absolute Gasteiger partial charge is 0.312 e. The summed E-state index contributed by atoms with van der Waals surface area (Å²) in [6, 6.07) is 3.13. The number of nitrogens with zero attached hydrogens (tertiary/aromatic N) is 3. The van der Waals surface area contributed by atoms with Crippen molar-refractivity contribution in [1.29, 1.82) is 0 Å². The molecule has 0 spiro atoms. The number of hydrogen-bond donors (Lipinski definition) is 1. The minimum absolute atomic E-state index is 0.0348. The summed E-state index contributed by atoms with van der Waals surface area (Å²) in [4.78, 5) is 14.7. The Balaban J connectivity index is 1.86. The molecule has 0 aliphatic heterocycles. The third-order valence-corrected chi connectivity index (χ3v) is 4.03. The first kappa shape index (κ1) is 14.1. The molecule has 9 heteroatoms. The predicted molar refractivity (Wildman–Crippen MR) is 75.7 cm³/mol. The monoisotopic (exact) mass is 371 g/mol. The summed E-state index contributed by atoms with van der Waals surface area (Å²) in [7, 11) is 0. The van der Waals surface area contributed by atoms with Gasteiger partial charge in [0.05, 0.1) is 11.1 Å². The third kappa shape index (κ3) is 3.08. The van der Waals surface area contributed by atoms with Gasteiger partial charge >= 0.3 is 5.97 Å². The van der Waals surface area contributed by atoms with Gasteiger partial charge in [-0.15, -0.1) is 21.5 Å². The molecule has 2 heterocycles. The predicted octanol–water partition coefficient (Wildman–Crippen LogP) is 2.80. The van der Waals surface area contributed by atoms with Gasteiger partial charge in [0.2, 0.25) is 11.8 Å². The fourth-order valence-corrected chi connectivity index (χ4v) is 3.36. The van der Waals surface area contributed by atoms with Gasteiger partial charge < -0.3 is 9.52 Å². The van der Waals surface area contributed by atoms with Crippen LogP contribution in [-0.4, -0.2) is 26.3 Å². The number of halogens is 2. The quantitative estimate of drug-likeness (QED) is 0.758. The largest absolute Gasteiger partial charge is 0.481 e. The Morgan fingerprint density at radius 3 is 2.90 bits per heavy atom. The first-order chi connectivity index (χ1) is 10.0. The standard InChI is InChI=1S/C12H7BrFN3O3S/c13-5-1-6(14)12-7(2-5)21-10(15-12)3-8-16-17-9(20-8)4-11(18)19/h1-2H,3-4H2,(H,18,19). The maximum atomic E-state index is 13.7. The molecule has 0 aliphatic carbocycles. The molecule has 1 aromatic carbocycles. The summed E-state index contributed by atoms with van der Waals surface area (Å²) in [5.41, 5.74) is 0.295. The molecule has 0 atom stereocenters. The number of carbonyl (C=O) groups is 1. The summed E-state index contributed by atoms with van der Waals surface area (Å²) < 4.78 is 20.3. The zero-order valence-electron chi connectivity index (χ0n) is 10.3. The number of thiazole rings is 1. The van der Waals surface area contributed by atoms with E-state index >= 15 is 0 Å². The van der Waals surface area contributed by atoms with E-state index in [1.54, 1.807) is 6.07 Å². The van der Waals surface area contributed by atoms with Gasteiger partial charge in [0.1, 0.15) is 16.9 Å². The van der Waals surface area contributed by atoms with Crippen LogP contribution >= 0.6 is 27.3 Å². The SMILES string of the molecule is O=C(O)Cc1nnc(Cc2nc3c(F)cc(Br)cc3s2)o1. The average Bonchev–Trinajstić information content (AvgIpc) is 2.96. The highest BCUT2D eigenvalue weighted by Gasteiger charge is 2.14. The van der Waals surface area contributed by atoms with E-state index in [1.165, 1.54) is 17.4 Å². The normalized spacial score (nSPS) is 11.1. The van der Waals surface area contributed by atoms with Crippen molar-refractivity contribution in [2.24, 2.45) is 0 Å². The van der Waals surface area contributed by atoms with Crippen molar-refractivity contribution in [3.05, 3.63) is 39.2 Å². The van der Waals surface area contributed by atoms with E-state index in [4.69, 9.17) is 9.52 Å². The number of hydrogen-bond acceptors (Lipinski definition) is 6. The lowest BCUT2D eigenvalue weighted by Crippen LogP contribution is -1.99. The molecule has 0 saturated carbocycles. The number of fused-ring (bicyclic) bond motifs is 1. The molecule has 0 radical (unpaired) electrons. The third-order valence-electron chi connectivity index (χ3n) is 2.57. The van der Waals surface area contributed by atoms with Gasteiger partial charge in [-0.2, -0.15) is 0 Å². The molecule has 0 unspecified atom stereocenters. The maximum Gasteiger partial charge on any atom is 0.312 e. The van der Waals surface area contributed by atoms with E-state index in [1.807, 2.05) is 0 Å². The molecule has 0 amide bonds. The topological polar surface area (TPSA) is 89.1 Å². The number of benzene rings is 1. The zero-order valence-corrected chi connectivity index (χ0v) is 12.7. The Kier molecular flexibility index (Phi) is 3.68. The van der Waals surface area contributed by atoms with Crippen molar-refractivity contribution in [2.75, 3.05) is 0 Å². The molecule has 2 aromatic heterocycles. The van der Waals surface area contributed by atoms with Gasteiger partial charge in [-0.05, 0) is 12.1 Å². The molecule has 0 fully saturated rings. The van der Waals surface area contributed by atoms with Crippen molar-refractivity contribution in [3.63, 3.8) is 0 Å². The fourth-order valence-electron chi connectivity index (χ4n) is 1.77. The number of rotatable bonds is 4. The van der Waals surface area contributed by atoms with Gasteiger partial charge in [-0.3, -0.25) is 4.79 Å². The van der Waals surface area contributed by atoms with Crippen LogP contribution in [0.4, 0.5) is 4.39 Å². The Morgan fingerprint density at radius 1 is 1.38 bits per heavy atom. The van der Waals surface area contributed by atoms with Gasteiger partial charge in [0.25, 0.3) is 0 Å². The molecule has 108 valence electrons. The second-order valence-electron chi connectivity index (χ2n) is 4.18. The van der Waals surface area contributed by atoms with Crippen LogP contribution in [0.5, 0.6) is 0 Å². The Morgan fingerprint density at radius 2 is 2.14 bits per heavy atom. The molecular weight excluding hydrogens is 365 g/mol. The van der Waals surface area contributed by atoms with Crippen molar-refractivity contribution in [3.8, 4) is 0 Å². The highest BCUT2D eigenvalue weighted by molar-refractivity contribution is 9.10. The van der Waals surface area contributed by atoms with E-state index in [-0.39, 0.29) is 24.6 Å². The van der Waals surface area contributed by atoms with Crippen LogP contribution in [0.15, 0.2) is 21.0 Å². The molecule has 0 aliphatic rings. The van der Waals surface area contributed by atoms with Crippen LogP contribution in [0.2, 0.25) is 0 Å². The minimum atomic E-state index is -1.04. The number of carboxylic acid groups (broad SMARTS) is 1. The van der Waals surface area contributed by atoms with Crippen LogP contribution < -0.4 is 0 Å². The molecule has 3 rings (SSSR count). The van der Waals surface area contributed by atoms with E-state index < -0.39 is 11.8 Å². The number of aromatic nitrogens is 3. The Bertz CT molecular complexity index is 832. The highest BCUT2D eigenvalue weighted by atomic mass is 79.9. The van der Waals surface area contributed by atoms with Crippen LogP contribution in [-0.2, 0) is 17.6 Å².